The molecular formula is C32H37N3O3S. The summed E-state index contributed by atoms with van der Waals surface area (Å²) in [6, 6.07) is 21.8. The van der Waals surface area contributed by atoms with Crippen LogP contribution in [0.25, 0.3) is 0 Å². The number of nitrogens with zero attached hydrogens (tertiary/aromatic N) is 2. The van der Waals surface area contributed by atoms with Gasteiger partial charge in [0.15, 0.2) is 4.87 Å². The van der Waals surface area contributed by atoms with Gasteiger partial charge in [-0.3, -0.25) is 9.69 Å². The molecule has 3 aromatic carbocycles. The lowest BCUT2D eigenvalue weighted by molar-refractivity contribution is -0.123. The molecular weight excluding hydrogens is 506 g/mol. The van der Waals surface area contributed by atoms with Gasteiger partial charge in [-0.15, -0.1) is 11.8 Å². The van der Waals surface area contributed by atoms with Gasteiger partial charge in [0.1, 0.15) is 5.75 Å². The van der Waals surface area contributed by atoms with Crippen LogP contribution in [0.1, 0.15) is 62.8 Å². The molecule has 2 heterocycles. The van der Waals surface area contributed by atoms with Gasteiger partial charge in [-0.2, -0.15) is 0 Å². The van der Waals surface area contributed by atoms with Crippen LogP contribution < -0.4 is 15.0 Å². The number of amides is 3. The van der Waals surface area contributed by atoms with Crippen molar-refractivity contribution in [2.45, 2.75) is 57.4 Å². The van der Waals surface area contributed by atoms with E-state index in [1.165, 1.54) is 22.9 Å². The molecule has 0 aromatic heterocycles. The number of hydrogen-bond acceptors (Lipinski definition) is 4. The SMILES string of the molecule is COc1ccc2c(c1)[C@]1(SCCN1C(=O)Nc1ccc(C(C)C)cc1)C(=O)N2Cc1ccc(C(C)(C)C)cc1. The summed E-state index contributed by atoms with van der Waals surface area (Å²) in [6.07, 6.45) is 0. The first-order valence-corrected chi connectivity index (χ1v) is 14.5. The van der Waals surface area contributed by atoms with Crippen LogP contribution in [0.2, 0.25) is 0 Å². The average molecular weight is 544 g/mol. The Balaban J connectivity index is 1.48. The van der Waals surface area contributed by atoms with E-state index < -0.39 is 4.87 Å². The van der Waals surface area contributed by atoms with Crippen LogP contribution in [0.15, 0.2) is 66.7 Å². The molecule has 1 N–H and O–H groups in total. The molecule has 7 heteroatoms. The van der Waals surface area contributed by atoms with E-state index in [1.807, 2.05) is 47.4 Å². The van der Waals surface area contributed by atoms with E-state index in [2.05, 4.69) is 64.2 Å². The Morgan fingerprint density at radius 1 is 1.05 bits per heavy atom. The monoisotopic (exact) mass is 543 g/mol. The zero-order valence-electron chi connectivity index (χ0n) is 23.6. The fraction of sp³-hybridized carbons (Fsp3) is 0.375. The maximum absolute atomic E-state index is 14.3. The molecule has 0 unspecified atom stereocenters. The second-order valence-corrected chi connectivity index (χ2v) is 12.9. The van der Waals surface area contributed by atoms with Crippen LogP contribution in [0.5, 0.6) is 5.75 Å². The molecule has 1 saturated heterocycles. The van der Waals surface area contributed by atoms with Crippen LogP contribution in [0, 0.1) is 0 Å². The minimum atomic E-state index is -1.14. The molecule has 3 amide bonds. The molecule has 0 radical (unpaired) electrons. The standard InChI is InChI=1S/C32H37N3O3S/c1-21(2)23-9-13-25(14-10-23)33-30(37)35-17-18-39-32(35)27-19-26(38-6)15-16-28(27)34(29(32)36)20-22-7-11-24(12-8-22)31(3,4)5/h7-16,19,21H,17-18,20H2,1-6H3,(H,33,37)/t32-/m0/s1. The number of ether oxygens (including phenoxy) is 1. The molecule has 2 aliphatic heterocycles. The Labute approximate surface area is 235 Å². The van der Waals surface area contributed by atoms with Crippen LogP contribution in [-0.4, -0.2) is 36.2 Å². The van der Waals surface area contributed by atoms with Gasteiger partial charge >= 0.3 is 6.03 Å². The van der Waals surface area contributed by atoms with Crippen LogP contribution in [-0.2, 0) is 21.6 Å². The lowest BCUT2D eigenvalue weighted by Gasteiger charge is -2.33. The van der Waals surface area contributed by atoms with Gasteiger partial charge < -0.3 is 15.0 Å². The quantitative estimate of drug-likeness (QED) is 0.373. The summed E-state index contributed by atoms with van der Waals surface area (Å²) in [5.41, 5.74) is 5.87. The number of fused-ring (bicyclic) bond motifs is 2. The van der Waals surface area contributed by atoms with Crippen molar-refractivity contribution in [2.75, 3.05) is 29.6 Å². The van der Waals surface area contributed by atoms with Crippen molar-refractivity contribution in [3.05, 3.63) is 89.0 Å². The third-order valence-electron chi connectivity index (χ3n) is 7.64. The van der Waals surface area contributed by atoms with E-state index in [1.54, 1.807) is 12.0 Å². The van der Waals surface area contributed by atoms with Crippen molar-refractivity contribution in [3.63, 3.8) is 0 Å². The third-order valence-corrected chi connectivity index (χ3v) is 9.05. The predicted octanol–water partition coefficient (Wildman–Crippen LogP) is 7.10. The number of anilines is 2. The van der Waals surface area contributed by atoms with Crippen LogP contribution >= 0.6 is 11.8 Å². The van der Waals surface area contributed by atoms with E-state index >= 15 is 0 Å². The molecule has 1 atom stereocenters. The van der Waals surface area contributed by atoms with E-state index in [0.717, 1.165) is 16.8 Å². The van der Waals surface area contributed by atoms with Crippen molar-refractivity contribution in [3.8, 4) is 5.75 Å². The van der Waals surface area contributed by atoms with Gasteiger partial charge in [-0.1, -0.05) is 71.0 Å². The van der Waals surface area contributed by atoms with Gasteiger partial charge in [0.05, 0.1) is 19.3 Å². The second-order valence-electron chi connectivity index (χ2n) is 11.6. The largest absolute Gasteiger partial charge is 0.497 e. The molecule has 5 rings (SSSR count). The second kappa shape index (κ2) is 10.3. The molecule has 1 spiro atoms. The summed E-state index contributed by atoms with van der Waals surface area (Å²) in [6.45, 7) is 11.7. The first kappa shape index (κ1) is 27.1. The first-order chi connectivity index (χ1) is 18.5. The maximum Gasteiger partial charge on any atom is 0.323 e. The number of thioether (sulfide) groups is 1. The van der Waals surface area contributed by atoms with E-state index in [4.69, 9.17) is 4.74 Å². The fourth-order valence-corrected chi connectivity index (χ4v) is 6.77. The third kappa shape index (κ3) is 4.89. The number of nitrogens with one attached hydrogen (secondary N) is 1. The zero-order chi connectivity index (χ0) is 27.9. The Kier molecular flexibility index (Phi) is 7.14. The highest BCUT2D eigenvalue weighted by Crippen LogP contribution is 2.55. The number of urea groups is 1. The summed E-state index contributed by atoms with van der Waals surface area (Å²) < 4.78 is 5.54. The van der Waals surface area contributed by atoms with Crippen molar-refractivity contribution >= 4 is 35.1 Å². The molecule has 204 valence electrons. The van der Waals surface area contributed by atoms with Gasteiger partial charge in [0.2, 0.25) is 0 Å². The van der Waals surface area contributed by atoms with E-state index in [-0.39, 0.29) is 17.4 Å². The Morgan fingerprint density at radius 2 is 1.74 bits per heavy atom. The van der Waals surface area contributed by atoms with Crippen molar-refractivity contribution in [1.29, 1.82) is 0 Å². The number of carbonyl (C=O) groups is 2. The molecule has 3 aromatic rings. The normalized spacial score (nSPS) is 18.7. The highest BCUT2D eigenvalue weighted by molar-refractivity contribution is 8.01. The topological polar surface area (TPSA) is 61.9 Å². The summed E-state index contributed by atoms with van der Waals surface area (Å²) in [5, 5.41) is 3.04. The minimum Gasteiger partial charge on any atom is -0.497 e. The smallest absolute Gasteiger partial charge is 0.323 e. The van der Waals surface area contributed by atoms with E-state index in [9.17, 15) is 9.59 Å². The molecule has 1 fully saturated rings. The predicted molar refractivity (Wildman–Crippen MR) is 160 cm³/mol. The van der Waals surface area contributed by atoms with Crippen molar-refractivity contribution in [2.24, 2.45) is 0 Å². The minimum absolute atomic E-state index is 0.0542. The highest BCUT2D eigenvalue weighted by Gasteiger charge is 2.59. The molecule has 0 bridgehead atoms. The van der Waals surface area contributed by atoms with Gasteiger partial charge in [-0.05, 0) is 58.4 Å². The molecule has 6 nitrogen and oxygen atoms in total. The fourth-order valence-electron chi connectivity index (χ4n) is 5.31. The Bertz CT molecular complexity index is 1380. The first-order valence-electron chi connectivity index (χ1n) is 13.5. The summed E-state index contributed by atoms with van der Waals surface area (Å²) in [7, 11) is 1.62. The molecule has 0 saturated carbocycles. The number of benzene rings is 3. The number of hydrogen-bond donors (Lipinski definition) is 1. The van der Waals surface area contributed by atoms with Gasteiger partial charge in [-0.25, -0.2) is 4.79 Å². The van der Waals surface area contributed by atoms with Crippen molar-refractivity contribution < 1.29 is 14.3 Å². The molecule has 2 aliphatic rings. The summed E-state index contributed by atoms with van der Waals surface area (Å²) in [4.78, 5) is 30.4. The Hall–Kier alpha value is -3.45. The molecule has 39 heavy (non-hydrogen) atoms. The summed E-state index contributed by atoms with van der Waals surface area (Å²) in [5.74, 6) is 1.63. The van der Waals surface area contributed by atoms with Crippen LogP contribution in [0.4, 0.5) is 16.2 Å². The number of carbonyl (C=O) groups excluding carboxylic acids is 2. The van der Waals surface area contributed by atoms with E-state index in [0.29, 0.717) is 36.2 Å². The zero-order valence-corrected chi connectivity index (χ0v) is 24.4. The van der Waals surface area contributed by atoms with Gasteiger partial charge in [0.25, 0.3) is 5.91 Å². The lowest BCUT2D eigenvalue weighted by atomic mass is 9.87. The van der Waals surface area contributed by atoms with Crippen molar-refractivity contribution in [1.82, 2.24) is 4.90 Å². The lowest BCUT2D eigenvalue weighted by Crippen LogP contribution is -2.51. The average Bonchev–Trinajstić information content (AvgIpc) is 3.45. The number of methoxy groups -OCH3 is 1. The summed E-state index contributed by atoms with van der Waals surface area (Å²) >= 11 is 1.51. The van der Waals surface area contributed by atoms with Gasteiger partial charge in [0, 0.05) is 23.5 Å². The highest BCUT2D eigenvalue weighted by atomic mass is 32.2. The number of rotatable bonds is 5. The molecule has 0 aliphatic carbocycles. The van der Waals surface area contributed by atoms with Crippen LogP contribution in [0.3, 0.4) is 0 Å². The maximum atomic E-state index is 14.3. The Morgan fingerprint density at radius 3 is 2.36 bits per heavy atom.